The molecular formula is C21H26N4O4. The second-order valence-corrected chi connectivity index (χ2v) is 7.95. The molecule has 4 amide bonds. The van der Waals surface area contributed by atoms with Gasteiger partial charge in [0.15, 0.2) is 0 Å². The van der Waals surface area contributed by atoms with E-state index in [1.54, 1.807) is 12.1 Å². The van der Waals surface area contributed by atoms with Crippen LogP contribution in [0.5, 0.6) is 0 Å². The zero-order valence-electron chi connectivity index (χ0n) is 16.3. The molecule has 2 saturated heterocycles. The largest absolute Gasteiger partial charge is 0.317 e. The average molecular weight is 398 g/mol. The van der Waals surface area contributed by atoms with E-state index in [9.17, 15) is 19.2 Å². The van der Waals surface area contributed by atoms with Gasteiger partial charge in [-0.25, -0.2) is 0 Å². The molecule has 2 fully saturated rings. The first kappa shape index (κ1) is 19.7. The van der Waals surface area contributed by atoms with E-state index in [2.05, 4.69) is 16.0 Å². The number of hydrogen-bond acceptors (Lipinski definition) is 6. The Morgan fingerprint density at radius 2 is 1.83 bits per heavy atom. The molecular weight excluding hydrogens is 372 g/mol. The Labute approximate surface area is 169 Å². The first-order valence-electron chi connectivity index (χ1n) is 10.3. The Balaban J connectivity index is 1.43. The van der Waals surface area contributed by atoms with Crippen LogP contribution in [0, 0.1) is 5.92 Å². The van der Waals surface area contributed by atoms with Crippen molar-refractivity contribution in [3.8, 4) is 0 Å². The van der Waals surface area contributed by atoms with Gasteiger partial charge in [-0.2, -0.15) is 0 Å². The van der Waals surface area contributed by atoms with Crippen molar-refractivity contribution in [3.05, 3.63) is 34.9 Å². The van der Waals surface area contributed by atoms with Crippen molar-refractivity contribution in [2.75, 3.05) is 19.6 Å². The molecule has 8 nitrogen and oxygen atoms in total. The van der Waals surface area contributed by atoms with Crippen LogP contribution in [0.1, 0.15) is 58.4 Å². The number of piperidine rings is 2. The molecule has 154 valence electrons. The zero-order valence-corrected chi connectivity index (χ0v) is 16.3. The molecule has 1 aromatic rings. The van der Waals surface area contributed by atoms with E-state index in [1.165, 1.54) is 12.8 Å². The van der Waals surface area contributed by atoms with E-state index >= 15 is 0 Å². The normalized spacial score (nSPS) is 22.8. The lowest BCUT2D eigenvalue weighted by atomic mass is 9.94. The number of rotatable bonds is 6. The molecule has 0 radical (unpaired) electrons. The van der Waals surface area contributed by atoms with Crippen LogP contribution in [0.15, 0.2) is 18.2 Å². The second kappa shape index (κ2) is 8.42. The minimum Gasteiger partial charge on any atom is -0.317 e. The van der Waals surface area contributed by atoms with E-state index in [0.29, 0.717) is 17.7 Å². The van der Waals surface area contributed by atoms with E-state index in [0.717, 1.165) is 42.4 Å². The maximum Gasteiger partial charge on any atom is 0.262 e. The monoisotopic (exact) mass is 398 g/mol. The number of imide groups is 2. The molecule has 8 heteroatoms. The fourth-order valence-corrected chi connectivity index (χ4v) is 4.43. The minimum atomic E-state index is -0.930. The van der Waals surface area contributed by atoms with Gasteiger partial charge in [0.25, 0.3) is 11.8 Å². The summed E-state index contributed by atoms with van der Waals surface area (Å²) in [5.41, 5.74) is 1.47. The molecule has 0 bridgehead atoms. The Morgan fingerprint density at radius 3 is 2.59 bits per heavy atom. The standard InChI is InChI=1S/C21H26N4O4/c26-17-5-4-16(19(27)24-17)25-20(28)15-3-1-2-14(18(15)21(25)29)12-23-11-8-13-6-9-22-10-7-13/h1-3,13,16,22-23H,4-12H2,(H,24,26,27). The highest BCUT2D eigenvalue weighted by Gasteiger charge is 2.45. The third-order valence-electron chi connectivity index (χ3n) is 6.06. The molecule has 0 saturated carbocycles. The van der Waals surface area contributed by atoms with Gasteiger partial charge in [-0.05, 0) is 62.9 Å². The van der Waals surface area contributed by atoms with E-state index < -0.39 is 23.8 Å². The molecule has 3 aliphatic heterocycles. The number of carbonyl (C=O) groups is 4. The van der Waals surface area contributed by atoms with E-state index in [4.69, 9.17) is 0 Å². The summed E-state index contributed by atoms with van der Waals surface area (Å²) in [5.74, 6) is -1.15. The van der Waals surface area contributed by atoms with Gasteiger partial charge in [-0.15, -0.1) is 0 Å². The van der Waals surface area contributed by atoms with Crippen LogP contribution in [0.3, 0.4) is 0 Å². The summed E-state index contributed by atoms with van der Waals surface area (Å²) >= 11 is 0. The fourth-order valence-electron chi connectivity index (χ4n) is 4.43. The molecule has 1 unspecified atom stereocenters. The summed E-state index contributed by atoms with van der Waals surface area (Å²) in [6.07, 6.45) is 3.76. The smallest absolute Gasteiger partial charge is 0.262 e. The molecule has 0 spiro atoms. The van der Waals surface area contributed by atoms with Crippen molar-refractivity contribution in [1.82, 2.24) is 20.9 Å². The van der Waals surface area contributed by atoms with Crippen LogP contribution in [0.4, 0.5) is 0 Å². The average Bonchev–Trinajstić information content (AvgIpc) is 2.98. The summed E-state index contributed by atoms with van der Waals surface area (Å²) in [6, 6.07) is 4.30. The van der Waals surface area contributed by atoms with Crippen molar-refractivity contribution < 1.29 is 19.2 Å². The Bertz CT molecular complexity index is 847. The number of amides is 4. The number of hydrogen-bond donors (Lipinski definition) is 3. The molecule has 0 aliphatic carbocycles. The van der Waals surface area contributed by atoms with E-state index in [-0.39, 0.29) is 18.7 Å². The lowest BCUT2D eigenvalue weighted by molar-refractivity contribution is -0.136. The van der Waals surface area contributed by atoms with Gasteiger partial charge in [-0.3, -0.25) is 29.4 Å². The molecule has 1 aromatic carbocycles. The summed E-state index contributed by atoms with van der Waals surface area (Å²) in [7, 11) is 0. The second-order valence-electron chi connectivity index (χ2n) is 7.95. The molecule has 4 rings (SSSR count). The van der Waals surface area contributed by atoms with Crippen molar-refractivity contribution in [3.63, 3.8) is 0 Å². The molecule has 3 heterocycles. The van der Waals surface area contributed by atoms with E-state index in [1.807, 2.05) is 6.07 Å². The van der Waals surface area contributed by atoms with Crippen LogP contribution in [-0.2, 0) is 16.1 Å². The highest BCUT2D eigenvalue weighted by Crippen LogP contribution is 2.30. The van der Waals surface area contributed by atoms with Crippen LogP contribution >= 0.6 is 0 Å². The minimum absolute atomic E-state index is 0.120. The lowest BCUT2D eigenvalue weighted by Crippen LogP contribution is -2.54. The highest BCUT2D eigenvalue weighted by molar-refractivity contribution is 6.24. The molecule has 3 N–H and O–H groups in total. The van der Waals surface area contributed by atoms with Crippen LogP contribution in [-0.4, -0.2) is 54.2 Å². The maximum atomic E-state index is 13.0. The predicted molar refractivity (Wildman–Crippen MR) is 105 cm³/mol. The highest BCUT2D eigenvalue weighted by atomic mass is 16.2. The number of fused-ring (bicyclic) bond motifs is 1. The Morgan fingerprint density at radius 1 is 1.03 bits per heavy atom. The fraction of sp³-hybridized carbons (Fsp3) is 0.524. The van der Waals surface area contributed by atoms with Crippen molar-refractivity contribution in [2.45, 2.75) is 44.7 Å². The Kier molecular flexibility index (Phi) is 5.73. The number of carbonyl (C=O) groups excluding carboxylic acids is 4. The summed E-state index contributed by atoms with van der Waals surface area (Å²) < 4.78 is 0. The van der Waals surface area contributed by atoms with Gasteiger partial charge < -0.3 is 10.6 Å². The van der Waals surface area contributed by atoms with Gasteiger partial charge in [0, 0.05) is 13.0 Å². The van der Waals surface area contributed by atoms with Crippen molar-refractivity contribution in [1.29, 1.82) is 0 Å². The lowest BCUT2D eigenvalue weighted by Gasteiger charge is -2.27. The third-order valence-corrected chi connectivity index (χ3v) is 6.06. The number of nitrogens with zero attached hydrogens (tertiary/aromatic N) is 1. The third kappa shape index (κ3) is 3.95. The summed E-state index contributed by atoms with van der Waals surface area (Å²) in [5, 5.41) is 8.98. The molecule has 1 atom stereocenters. The molecule has 29 heavy (non-hydrogen) atoms. The predicted octanol–water partition coefficient (Wildman–Crippen LogP) is 0.567. The molecule has 0 aromatic heterocycles. The number of nitrogens with one attached hydrogen (secondary N) is 3. The quantitative estimate of drug-likeness (QED) is 0.478. The topological polar surface area (TPSA) is 108 Å². The van der Waals surface area contributed by atoms with Gasteiger partial charge in [0.05, 0.1) is 11.1 Å². The van der Waals surface area contributed by atoms with Crippen molar-refractivity contribution in [2.24, 2.45) is 5.92 Å². The van der Waals surface area contributed by atoms with Crippen LogP contribution < -0.4 is 16.0 Å². The zero-order chi connectivity index (χ0) is 20.4. The van der Waals surface area contributed by atoms with Crippen LogP contribution in [0.2, 0.25) is 0 Å². The summed E-state index contributed by atoms with van der Waals surface area (Å²) in [4.78, 5) is 50.5. The van der Waals surface area contributed by atoms with Gasteiger partial charge in [0.2, 0.25) is 11.8 Å². The summed E-state index contributed by atoms with van der Waals surface area (Å²) in [6.45, 7) is 3.50. The first-order valence-corrected chi connectivity index (χ1v) is 10.3. The van der Waals surface area contributed by atoms with Gasteiger partial charge in [-0.1, -0.05) is 12.1 Å². The van der Waals surface area contributed by atoms with Crippen LogP contribution in [0.25, 0.3) is 0 Å². The van der Waals surface area contributed by atoms with Gasteiger partial charge >= 0.3 is 0 Å². The Hall–Kier alpha value is -2.58. The molecule has 3 aliphatic rings. The van der Waals surface area contributed by atoms with Gasteiger partial charge in [0.1, 0.15) is 6.04 Å². The number of benzene rings is 1. The first-order chi connectivity index (χ1) is 14.1. The maximum absolute atomic E-state index is 13.0. The van der Waals surface area contributed by atoms with Crippen molar-refractivity contribution >= 4 is 23.6 Å². The SMILES string of the molecule is O=C1CCC(N2C(=O)c3cccc(CNCCC4CCNCC4)c3C2=O)C(=O)N1.